The Balaban J connectivity index is 1.18. The third-order valence-electron chi connectivity index (χ3n) is 9.75. The smallest absolute Gasteiger partial charge is 0.257 e. The molecule has 0 spiro atoms. The van der Waals surface area contributed by atoms with Crippen molar-refractivity contribution in [2.75, 3.05) is 32.8 Å². The predicted octanol–water partition coefficient (Wildman–Crippen LogP) is 5.49. The Morgan fingerprint density at radius 2 is 1.91 bits per heavy atom. The lowest BCUT2D eigenvalue weighted by atomic mass is 9.91. The molecule has 5 rings (SSSR count). The topological polar surface area (TPSA) is 112 Å². The van der Waals surface area contributed by atoms with E-state index in [9.17, 15) is 9.59 Å². The second-order valence-corrected chi connectivity index (χ2v) is 18.7. The molecule has 1 N–H and O–H groups in total. The maximum atomic E-state index is 13.7. The number of piperidine rings is 1. The summed E-state index contributed by atoms with van der Waals surface area (Å²) in [5.74, 6) is 1.77. The fraction of sp³-hybridized carbons (Fsp3) is 0.636. The highest BCUT2D eigenvalue weighted by molar-refractivity contribution is 6.74. The first-order valence-corrected chi connectivity index (χ1v) is 19.0. The van der Waals surface area contributed by atoms with Crippen LogP contribution in [-0.4, -0.2) is 66.6 Å². The summed E-state index contributed by atoms with van der Waals surface area (Å²) in [5.41, 5.74) is 3.51. The Morgan fingerprint density at radius 3 is 2.61 bits per heavy atom. The van der Waals surface area contributed by atoms with Crippen molar-refractivity contribution in [1.82, 2.24) is 24.9 Å². The van der Waals surface area contributed by atoms with E-state index in [1.165, 1.54) is 6.92 Å². The quantitative estimate of drug-likeness (QED) is 0.233. The second-order valence-electron chi connectivity index (χ2n) is 13.9. The minimum atomic E-state index is -1.99. The summed E-state index contributed by atoms with van der Waals surface area (Å²) in [6, 6.07) is 5.81. The first-order chi connectivity index (χ1) is 20.8. The van der Waals surface area contributed by atoms with Gasteiger partial charge in [-0.05, 0) is 82.4 Å². The lowest BCUT2D eigenvalue weighted by molar-refractivity contribution is -0.119. The number of nitrogens with zero attached hydrogens (tertiary/aromatic N) is 4. The van der Waals surface area contributed by atoms with Crippen LogP contribution in [0.2, 0.25) is 18.1 Å². The first kappa shape index (κ1) is 32.4. The average molecular weight is 624 g/mol. The van der Waals surface area contributed by atoms with Crippen molar-refractivity contribution in [3.63, 3.8) is 0 Å². The van der Waals surface area contributed by atoms with E-state index in [1.807, 2.05) is 29.7 Å². The fourth-order valence-corrected chi connectivity index (χ4v) is 7.38. The molecule has 2 aliphatic rings. The summed E-state index contributed by atoms with van der Waals surface area (Å²) in [6.07, 6.45) is 4.43. The van der Waals surface area contributed by atoms with E-state index in [1.54, 1.807) is 0 Å². The maximum Gasteiger partial charge on any atom is 0.257 e. The van der Waals surface area contributed by atoms with E-state index in [4.69, 9.17) is 18.7 Å². The van der Waals surface area contributed by atoms with Gasteiger partial charge in [0.15, 0.2) is 13.9 Å². The average Bonchev–Trinajstić information content (AvgIpc) is 3.38. The van der Waals surface area contributed by atoms with Gasteiger partial charge in [0.1, 0.15) is 24.3 Å². The maximum absolute atomic E-state index is 13.7. The van der Waals surface area contributed by atoms with Crippen LogP contribution in [0.1, 0.15) is 88.2 Å². The van der Waals surface area contributed by atoms with Crippen LogP contribution >= 0.6 is 0 Å². The number of hydrogen-bond acceptors (Lipinski definition) is 8. The van der Waals surface area contributed by atoms with Crippen LogP contribution < -0.4 is 15.6 Å². The van der Waals surface area contributed by atoms with Gasteiger partial charge < -0.3 is 23.9 Å². The zero-order valence-electron chi connectivity index (χ0n) is 27.5. The predicted molar refractivity (Wildman–Crippen MR) is 174 cm³/mol. The number of carbonyl (C=O) groups excluding carboxylic acids is 1. The van der Waals surface area contributed by atoms with E-state index in [-0.39, 0.29) is 22.6 Å². The van der Waals surface area contributed by atoms with Crippen LogP contribution in [0.25, 0.3) is 11.0 Å². The summed E-state index contributed by atoms with van der Waals surface area (Å²) in [7, 11) is -1.99. The van der Waals surface area contributed by atoms with Gasteiger partial charge in [0, 0.05) is 48.6 Å². The van der Waals surface area contributed by atoms with E-state index < -0.39 is 8.32 Å². The molecule has 0 saturated carbocycles. The van der Waals surface area contributed by atoms with Crippen LogP contribution in [0.4, 0.5) is 0 Å². The summed E-state index contributed by atoms with van der Waals surface area (Å²) in [5, 5.41) is 8.29. The zero-order valence-corrected chi connectivity index (χ0v) is 28.5. The van der Waals surface area contributed by atoms with Gasteiger partial charge in [-0.3, -0.25) is 14.2 Å². The zero-order chi connectivity index (χ0) is 31.6. The van der Waals surface area contributed by atoms with E-state index >= 15 is 0 Å². The van der Waals surface area contributed by atoms with Crippen LogP contribution in [0.15, 0.2) is 27.5 Å². The summed E-state index contributed by atoms with van der Waals surface area (Å²) < 4.78 is 20.1. The van der Waals surface area contributed by atoms with E-state index in [2.05, 4.69) is 49.2 Å². The van der Waals surface area contributed by atoms with Crippen LogP contribution in [0.5, 0.6) is 5.75 Å². The Morgan fingerprint density at radius 1 is 1.16 bits per heavy atom. The number of nitrogens with one attached hydrogen (secondary N) is 1. The third kappa shape index (κ3) is 7.10. The molecule has 1 amide bonds. The molecular formula is C33H49N5O5Si. The first-order valence-electron chi connectivity index (χ1n) is 16.1. The molecule has 2 aliphatic heterocycles. The number of aryl methyl sites for hydroxylation is 1. The molecule has 0 radical (unpaired) electrons. The van der Waals surface area contributed by atoms with Crippen LogP contribution in [0.3, 0.4) is 0 Å². The van der Waals surface area contributed by atoms with Crippen LogP contribution in [-0.2, 0) is 22.2 Å². The molecule has 3 aromatic rings. The monoisotopic (exact) mass is 623 g/mol. The minimum Gasteiger partial charge on any atom is -0.492 e. The Kier molecular flexibility index (Phi) is 9.67. The van der Waals surface area contributed by atoms with Crippen LogP contribution in [0, 0.1) is 6.92 Å². The fourth-order valence-electron chi connectivity index (χ4n) is 6.10. The highest BCUT2D eigenvalue weighted by Gasteiger charge is 2.41. The Labute approximate surface area is 261 Å². The van der Waals surface area contributed by atoms with Crippen molar-refractivity contribution in [2.45, 2.75) is 103 Å². The highest BCUT2D eigenvalue weighted by atomic mass is 28.4. The Bertz CT molecular complexity index is 1530. The van der Waals surface area contributed by atoms with Crippen molar-refractivity contribution < 1.29 is 18.5 Å². The molecule has 1 saturated heterocycles. The molecule has 10 nitrogen and oxygen atoms in total. The van der Waals surface area contributed by atoms with Gasteiger partial charge in [-0.1, -0.05) is 25.9 Å². The van der Waals surface area contributed by atoms with Gasteiger partial charge in [-0.15, -0.1) is 0 Å². The number of rotatable bonds is 10. The normalized spacial score (nSPS) is 18.4. The standard InChI is InChI=1S/C33H49N5O5Si/c1-22-26(32(40)38-16-8-9-28(31(38)35-22)43-44(6,7)33(3,4)5)14-19-37-17-12-24(13-18-37)30-27-11-10-25(21-29(27)42-36-30)41-20-15-34-23(2)39/h10-11,21,24,28H,8-9,12-20H2,1-7H3,(H,34,39). The molecule has 0 bridgehead atoms. The number of ether oxygens (including phenoxy) is 1. The molecule has 11 heteroatoms. The van der Waals surface area contributed by atoms with Crippen molar-refractivity contribution in [1.29, 1.82) is 0 Å². The molecule has 44 heavy (non-hydrogen) atoms. The number of aromatic nitrogens is 3. The summed E-state index contributed by atoms with van der Waals surface area (Å²) >= 11 is 0. The molecule has 1 fully saturated rings. The molecule has 1 aromatic carbocycles. The lowest BCUT2D eigenvalue weighted by Gasteiger charge is -2.40. The van der Waals surface area contributed by atoms with Crippen molar-refractivity contribution in [3.8, 4) is 5.75 Å². The third-order valence-corrected chi connectivity index (χ3v) is 14.2. The number of fused-ring (bicyclic) bond motifs is 2. The van der Waals surface area contributed by atoms with Gasteiger partial charge in [0.2, 0.25) is 5.91 Å². The molecular weight excluding hydrogens is 574 g/mol. The number of amides is 1. The number of likely N-dealkylation sites (tertiary alicyclic amines) is 1. The number of benzene rings is 1. The number of carbonyl (C=O) groups is 1. The van der Waals surface area contributed by atoms with Crippen molar-refractivity contribution >= 4 is 25.2 Å². The molecule has 2 aromatic heterocycles. The molecule has 1 atom stereocenters. The lowest BCUT2D eigenvalue weighted by Crippen LogP contribution is -2.44. The van der Waals surface area contributed by atoms with E-state index in [0.29, 0.717) is 43.4 Å². The summed E-state index contributed by atoms with van der Waals surface area (Å²) in [6.45, 7) is 19.1. The minimum absolute atomic E-state index is 0.0732. The Hall–Kier alpha value is -3.02. The van der Waals surface area contributed by atoms with Gasteiger partial charge in [0.05, 0.1) is 12.2 Å². The molecule has 0 aliphatic carbocycles. The van der Waals surface area contributed by atoms with Crippen molar-refractivity contribution in [3.05, 3.63) is 51.3 Å². The number of hydrogen-bond donors (Lipinski definition) is 1. The molecule has 1 unspecified atom stereocenters. The van der Waals surface area contributed by atoms with E-state index in [0.717, 1.165) is 73.5 Å². The molecule has 4 heterocycles. The molecule has 240 valence electrons. The summed E-state index contributed by atoms with van der Waals surface area (Å²) in [4.78, 5) is 32.2. The van der Waals surface area contributed by atoms with Gasteiger partial charge in [-0.25, -0.2) is 4.98 Å². The highest BCUT2D eigenvalue weighted by Crippen LogP contribution is 2.41. The van der Waals surface area contributed by atoms with Gasteiger partial charge in [-0.2, -0.15) is 0 Å². The van der Waals surface area contributed by atoms with Crippen molar-refractivity contribution in [2.24, 2.45) is 0 Å². The SMILES string of the molecule is CC(=O)NCCOc1ccc2c(C3CCN(CCc4c(C)nc5n(c4=O)CCCC5O[Si](C)(C)C(C)(C)C)CC3)noc2c1. The largest absolute Gasteiger partial charge is 0.492 e. The van der Waals surface area contributed by atoms with Gasteiger partial charge >= 0.3 is 0 Å². The van der Waals surface area contributed by atoms with Gasteiger partial charge in [0.25, 0.3) is 5.56 Å². The second kappa shape index (κ2) is 13.1.